The Morgan fingerprint density at radius 1 is 1.07 bits per heavy atom. The van der Waals surface area contributed by atoms with Crippen LogP contribution in [0.5, 0.6) is 0 Å². The summed E-state index contributed by atoms with van der Waals surface area (Å²) in [5, 5.41) is 0.501. The Hall–Kier alpha value is -2.92. The highest BCUT2D eigenvalue weighted by atomic mass is 16.5. The van der Waals surface area contributed by atoms with E-state index in [9.17, 15) is 9.59 Å². The fraction of sp³-hybridized carbons (Fsp3) is 0.333. The zero-order chi connectivity index (χ0) is 20.5. The minimum absolute atomic E-state index is 0.137. The molecule has 150 valence electrons. The first-order valence-electron chi connectivity index (χ1n) is 10.0. The lowest BCUT2D eigenvalue weighted by Gasteiger charge is -2.25. The highest BCUT2D eigenvalue weighted by Gasteiger charge is 2.42. The number of nitrogens with zero attached hydrogens (tertiary/aromatic N) is 1. The van der Waals surface area contributed by atoms with Crippen molar-refractivity contribution in [3.05, 3.63) is 81.2 Å². The number of rotatable bonds is 6. The summed E-state index contributed by atoms with van der Waals surface area (Å²) < 4.78 is 11.6. The number of carbonyl (C=O) groups is 1. The van der Waals surface area contributed by atoms with Crippen LogP contribution >= 0.6 is 0 Å². The average molecular weight is 391 g/mol. The molecule has 0 N–H and O–H groups in total. The standard InChI is InChI=1S/C24H25NO4/c1-15(2)28-14-6-13-25-21(17-11-9-16(3)10-12-17)20-22(26)18-7-4-5-8-19(18)29-23(20)24(25)27/h4-5,7-12,15,21H,6,13-14H2,1-3H3/t21-/m1/s1. The van der Waals surface area contributed by atoms with Gasteiger partial charge in [-0.05, 0) is 44.9 Å². The molecule has 2 heterocycles. The third kappa shape index (κ3) is 3.58. The Morgan fingerprint density at radius 3 is 2.52 bits per heavy atom. The molecule has 0 spiro atoms. The predicted molar refractivity (Wildman–Crippen MR) is 112 cm³/mol. The number of amides is 1. The van der Waals surface area contributed by atoms with Crippen LogP contribution in [0.3, 0.4) is 0 Å². The van der Waals surface area contributed by atoms with Crippen LogP contribution in [0.4, 0.5) is 0 Å². The highest BCUT2D eigenvalue weighted by molar-refractivity contribution is 5.99. The van der Waals surface area contributed by atoms with Gasteiger partial charge < -0.3 is 14.1 Å². The number of aryl methyl sites for hydroxylation is 1. The second kappa shape index (κ2) is 7.84. The van der Waals surface area contributed by atoms with E-state index in [-0.39, 0.29) is 23.2 Å². The van der Waals surface area contributed by atoms with Crippen molar-refractivity contribution in [3.8, 4) is 0 Å². The number of benzene rings is 2. The van der Waals surface area contributed by atoms with Crippen molar-refractivity contribution in [2.75, 3.05) is 13.2 Å². The first kappa shape index (κ1) is 19.4. The molecule has 1 aromatic heterocycles. The van der Waals surface area contributed by atoms with Gasteiger partial charge in [0.1, 0.15) is 5.58 Å². The van der Waals surface area contributed by atoms with Crippen molar-refractivity contribution in [2.45, 2.75) is 39.3 Å². The van der Waals surface area contributed by atoms with E-state index in [4.69, 9.17) is 9.15 Å². The number of hydrogen-bond acceptors (Lipinski definition) is 4. The smallest absolute Gasteiger partial charge is 0.290 e. The highest BCUT2D eigenvalue weighted by Crippen LogP contribution is 2.38. The van der Waals surface area contributed by atoms with Crippen LogP contribution in [-0.4, -0.2) is 30.1 Å². The minimum atomic E-state index is -0.446. The molecule has 0 unspecified atom stereocenters. The first-order valence-corrected chi connectivity index (χ1v) is 10.0. The quantitative estimate of drug-likeness (QED) is 0.582. The molecule has 1 aliphatic heterocycles. The zero-order valence-electron chi connectivity index (χ0n) is 17.0. The summed E-state index contributed by atoms with van der Waals surface area (Å²) >= 11 is 0. The van der Waals surface area contributed by atoms with Crippen molar-refractivity contribution >= 4 is 16.9 Å². The van der Waals surface area contributed by atoms with Gasteiger partial charge in [-0.3, -0.25) is 9.59 Å². The molecule has 1 atom stereocenters. The molecule has 2 aromatic carbocycles. The summed E-state index contributed by atoms with van der Waals surface area (Å²) in [5.74, 6) is -0.0815. The van der Waals surface area contributed by atoms with Gasteiger partial charge in [0.15, 0.2) is 5.43 Å². The molecule has 4 rings (SSSR count). The van der Waals surface area contributed by atoms with Crippen LogP contribution in [0.1, 0.15) is 53.6 Å². The van der Waals surface area contributed by atoms with Crippen LogP contribution in [0, 0.1) is 6.92 Å². The van der Waals surface area contributed by atoms with E-state index >= 15 is 0 Å². The van der Waals surface area contributed by atoms with Crippen molar-refractivity contribution in [1.29, 1.82) is 0 Å². The number of ether oxygens (including phenoxy) is 1. The van der Waals surface area contributed by atoms with Crippen molar-refractivity contribution in [2.24, 2.45) is 0 Å². The van der Waals surface area contributed by atoms with E-state index in [2.05, 4.69) is 0 Å². The van der Waals surface area contributed by atoms with Crippen molar-refractivity contribution < 1.29 is 13.9 Å². The topological polar surface area (TPSA) is 59.8 Å². The van der Waals surface area contributed by atoms with Crippen molar-refractivity contribution in [1.82, 2.24) is 4.90 Å². The maximum atomic E-state index is 13.3. The van der Waals surface area contributed by atoms with E-state index in [1.54, 1.807) is 23.1 Å². The molecule has 1 aliphatic rings. The normalized spacial score (nSPS) is 16.1. The number of carbonyl (C=O) groups excluding carboxylic acids is 1. The fourth-order valence-corrected chi connectivity index (χ4v) is 3.85. The molecular formula is C24H25NO4. The molecule has 1 amide bonds. The van der Waals surface area contributed by atoms with E-state index in [1.807, 2.05) is 51.1 Å². The summed E-state index contributed by atoms with van der Waals surface area (Å²) in [6.07, 6.45) is 0.830. The van der Waals surface area contributed by atoms with E-state index < -0.39 is 6.04 Å². The number of fused-ring (bicyclic) bond motifs is 2. The van der Waals surface area contributed by atoms with E-state index in [0.29, 0.717) is 36.1 Å². The number of para-hydroxylation sites is 1. The first-order chi connectivity index (χ1) is 14.0. The summed E-state index contributed by atoms with van der Waals surface area (Å²) in [5.41, 5.74) is 2.78. The zero-order valence-corrected chi connectivity index (χ0v) is 17.0. The molecule has 0 radical (unpaired) electrons. The van der Waals surface area contributed by atoms with Crippen molar-refractivity contribution in [3.63, 3.8) is 0 Å². The molecule has 0 aliphatic carbocycles. The van der Waals surface area contributed by atoms with Gasteiger partial charge in [-0.25, -0.2) is 0 Å². The predicted octanol–water partition coefficient (Wildman–Crippen LogP) is 4.46. The van der Waals surface area contributed by atoms with Crippen LogP contribution < -0.4 is 5.43 Å². The Balaban J connectivity index is 1.79. The maximum absolute atomic E-state index is 13.3. The maximum Gasteiger partial charge on any atom is 0.290 e. The molecule has 0 saturated heterocycles. The SMILES string of the molecule is Cc1ccc([C@@H]2c3c(oc4ccccc4c3=O)C(=O)N2CCCOC(C)C)cc1. The van der Waals surface area contributed by atoms with Crippen LogP contribution in [-0.2, 0) is 4.74 Å². The van der Waals surface area contributed by atoms with Gasteiger partial charge in [0.05, 0.1) is 23.1 Å². The van der Waals surface area contributed by atoms with Gasteiger partial charge in [-0.15, -0.1) is 0 Å². The van der Waals surface area contributed by atoms with Gasteiger partial charge in [0, 0.05) is 13.2 Å². The van der Waals surface area contributed by atoms with Crippen LogP contribution in [0.2, 0.25) is 0 Å². The molecule has 0 fully saturated rings. The molecular weight excluding hydrogens is 366 g/mol. The molecule has 29 heavy (non-hydrogen) atoms. The summed E-state index contributed by atoms with van der Waals surface area (Å²) in [7, 11) is 0. The Morgan fingerprint density at radius 2 is 1.79 bits per heavy atom. The average Bonchev–Trinajstić information content (AvgIpc) is 2.98. The molecule has 3 aromatic rings. The largest absolute Gasteiger partial charge is 0.450 e. The van der Waals surface area contributed by atoms with Gasteiger partial charge in [-0.2, -0.15) is 0 Å². The summed E-state index contributed by atoms with van der Waals surface area (Å²) in [6.45, 7) is 7.03. The molecule has 0 bridgehead atoms. The Bertz CT molecular complexity index is 1100. The second-order valence-corrected chi connectivity index (χ2v) is 7.76. The van der Waals surface area contributed by atoms with Gasteiger partial charge in [-0.1, -0.05) is 42.0 Å². The van der Waals surface area contributed by atoms with E-state index in [0.717, 1.165) is 11.1 Å². The molecule has 5 heteroatoms. The van der Waals surface area contributed by atoms with Gasteiger partial charge in [0.25, 0.3) is 5.91 Å². The van der Waals surface area contributed by atoms with E-state index in [1.165, 1.54) is 0 Å². The molecule has 0 saturated carbocycles. The van der Waals surface area contributed by atoms with Gasteiger partial charge in [0.2, 0.25) is 5.76 Å². The fourth-order valence-electron chi connectivity index (χ4n) is 3.85. The Kier molecular flexibility index (Phi) is 5.24. The lowest BCUT2D eigenvalue weighted by molar-refractivity contribution is 0.0593. The lowest BCUT2D eigenvalue weighted by atomic mass is 9.97. The monoisotopic (exact) mass is 391 g/mol. The number of hydrogen-bond donors (Lipinski definition) is 0. The third-order valence-electron chi connectivity index (χ3n) is 5.26. The minimum Gasteiger partial charge on any atom is -0.450 e. The molecule has 5 nitrogen and oxygen atoms in total. The summed E-state index contributed by atoms with van der Waals surface area (Å²) in [4.78, 5) is 28.3. The lowest BCUT2D eigenvalue weighted by Crippen LogP contribution is -2.31. The third-order valence-corrected chi connectivity index (χ3v) is 5.26. The van der Waals surface area contributed by atoms with Gasteiger partial charge >= 0.3 is 0 Å². The van der Waals surface area contributed by atoms with Crippen LogP contribution in [0.25, 0.3) is 11.0 Å². The summed E-state index contributed by atoms with van der Waals surface area (Å²) in [6, 6.07) is 14.6. The second-order valence-electron chi connectivity index (χ2n) is 7.76. The van der Waals surface area contributed by atoms with Crippen LogP contribution in [0.15, 0.2) is 57.7 Å². The Labute approximate surface area is 169 Å².